The molecule has 0 unspecified atom stereocenters. The molecule has 4 nitrogen and oxygen atoms in total. The minimum absolute atomic E-state index is 0.319. The summed E-state index contributed by atoms with van der Waals surface area (Å²) < 4.78 is 41.8. The maximum Gasteiger partial charge on any atom is 0.411 e. The lowest BCUT2D eigenvalue weighted by Gasteiger charge is -2.18. The van der Waals surface area contributed by atoms with Crippen molar-refractivity contribution >= 4 is 22.4 Å². The van der Waals surface area contributed by atoms with Gasteiger partial charge in [0, 0.05) is 11.1 Å². The number of rotatable bonds is 5. The maximum atomic E-state index is 12.4. The van der Waals surface area contributed by atoms with Gasteiger partial charge in [-0.25, -0.2) is 4.98 Å². The zero-order valence-electron chi connectivity index (χ0n) is 11.6. The van der Waals surface area contributed by atoms with Crippen LogP contribution < -0.4 is 5.32 Å². The first-order chi connectivity index (χ1) is 10.3. The number of alkyl halides is 3. The van der Waals surface area contributed by atoms with E-state index in [9.17, 15) is 18.0 Å². The molecule has 0 saturated carbocycles. The van der Waals surface area contributed by atoms with Crippen LogP contribution in [0.5, 0.6) is 0 Å². The summed E-state index contributed by atoms with van der Waals surface area (Å²) in [5.74, 6) is -0.690. The number of amides is 1. The molecule has 1 heterocycles. The van der Waals surface area contributed by atoms with Crippen molar-refractivity contribution in [3.63, 3.8) is 0 Å². The monoisotopic (exact) mass is 330 g/mol. The van der Waals surface area contributed by atoms with Gasteiger partial charge in [-0.1, -0.05) is 30.3 Å². The summed E-state index contributed by atoms with van der Waals surface area (Å²) in [4.78, 5) is 17.0. The number of aryl methyl sites for hydroxylation is 1. The number of ether oxygens (including phenoxy) is 1. The van der Waals surface area contributed by atoms with Crippen molar-refractivity contribution in [1.82, 2.24) is 4.98 Å². The maximum absolute atomic E-state index is 12.4. The van der Waals surface area contributed by atoms with Crippen LogP contribution in [0, 0.1) is 6.92 Å². The molecule has 8 heteroatoms. The molecule has 2 rings (SSSR count). The van der Waals surface area contributed by atoms with Crippen molar-refractivity contribution in [2.75, 3.05) is 11.9 Å². The molecule has 0 fully saturated rings. The van der Waals surface area contributed by atoms with Crippen LogP contribution in [0.4, 0.5) is 18.3 Å². The third kappa shape index (κ3) is 4.81. The van der Waals surface area contributed by atoms with E-state index in [1.807, 2.05) is 6.92 Å². The fraction of sp³-hybridized carbons (Fsp3) is 0.286. The Bertz CT molecular complexity index is 629. The predicted octanol–water partition coefficient (Wildman–Crippen LogP) is 3.71. The zero-order valence-corrected chi connectivity index (χ0v) is 12.4. The third-order valence-corrected chi connectivity index (χ3v) is 3.43. The zero-order chi connectivity index (χ0) is 16.2. The number of anilines is 1. The second kappa shape index (κ2) is 6.89. The van der Waals surface area contributed by atoms with E-state index in [0.717, 1.165) is 4.88 Å². The fourth-order valence-electron chi connectivity index (χ4n) is 1.71. The Morgan fingerprint density at radius 2 is 2.05 bits per heavy atom. The van der Waals surface area contributed by atoms with Crippen molar-refractivity contribution in [2.24, 2.45) is 0 Å². The Kier molecular flexibility index (Phi) is 5.15. The van der Waals surface area contributed by atoms with Crippen molar-refractivity contribution < 1.29 is 22.7 Å². The number of nitrogens with zero attached hydrogens (tertiary/aromatic N) is 1. The summed E-state index contributed by atoms with van der Waals surface area (Å²) >= 11 is 1.23. The van der Waals surface area contributed by atoms with Crippen LogP contribution >= 0.6 is 11.3 Å². The molecule has 1 N–H and O–H groups in total. The number of halogens is 3. The van der Waals surface area contributed by atoms with E-state index in [2.05, 4.69) is 10.3 Å². The van der Waals surface area contributed by atoms with Gasteiger partial charge in [-0.05, 0) is 12.5 Å². The number of carbonyl (C=O) groups is 1. The molecule has 1 aromatic carbocycles. The number of hydrogen-bond donors (Lipinski definition) is 1. The van der Waals surface area contributed by atoms with Gasteiger partial charge in [0.05, 0.1) is 0 Å². The molecule has 22 heavy (non-hydrogen) atoms. The van der Waals surface area contributed by atoms with Gasteiger partial charge in [-0.3, -0.25) is 10.1 Å². The second-order valence-corrected chi connectivity index (χ2v) is 5.72. The summed E-state index contributed by atoms with van der Waals surface area (Å²) in [6, 6.07) is 8.02. The standard InChI is InChI=1S/C14H13F3N2O2S/c1-9-7-18-13(22-9)19-12(20)11(21-8-14(15,16)17)10-5-3-2-4-6-10/h2-7,11H,8H2,1H3,(H,18,19,20)/t11-/m1/s1. The molecule has 2 aromatic rings. The van der Waals surface area contributed by atoms with E-state index in [-0.39, 0.29) is 0 Å². The Hall–Kier alpha value is -1.93. The van der Waals surface area contributed by atoms with E-state index in [1.54, 1.807) is 24.4 Å². The van der Waals surface area contributed by atoms with Crippen LogP contribution in [-0.2, 0) is 9.53 Å². The van der Waals surface area contributed by atoms with Gasteiger partial charge < -0.3 is 4.74 Å². The smallest absolute Gasteiger partial charge is 0.354 e. The third-order valence-electron chi connectivity index (χ3n) is 2.61. The molecular formula is C14H13F3N2O2S. The molecule has 0 radical (unpaired) electrons. The topological polar surface area (TPSA) is 51.2 Å². The number of hydrogen-bond acceptors (Lipinski definition) is 4. The minimum atomic E-state index is -4.51. The molecule has 1 atom stereocenters. The quantitative estimate of drug-likeness (QED) is 0.909. The SMILES string of the molecule is Cc1cnc(NC(=O)[C@H](OCC(F)(F)F)c2ccccc2)s1. The fourth-order valence-corrected chi connectivity index (χ4v) is 2.38. The first-order valence-corrected chi connectivity index (χ1v) is 7.13. The lowest BCUT2D eigenvalue weighted by Crippen LogP contribution is -2.27. The highest BCUT2D eigenvalue weighted by molar-refractivity contribution is 7.15. The predicted molar refractivity (Wildman–Crippen MR) is 76.7 cm³/mol. The van der Waals surface area contributed by atoms with Crippen molar-refractivity contribution in [3.05, 3.63) is 47.0 Å². The number of carbonyl (C=O) groups excluding carboxylic acids is 1. The van der Waals surface area contributed by atoms with Crippen molar-refractivity contribution in [2.45, 2.75) is 19.2 Å². The van der Waals surface area contributed by atoms with Gasteiger partial charge in [0.25, 0.3) is 5.91 Å². The lowest BCUT2D eigenvalue weighted by molar-refractivity contribution is -0.187. The number of aromatic nitrogens is 1. The molecule has 0 spiro atoms. The van der Waals surface area contributed by atoms with Crippen LogP contribution in [0.15, 0.2) is 36.5 Å². The number of thiazole rings is 1. The van der Waals surface area contributed by atoms with Gasteiger partial charge in [-0.2, -0.15) is 13.2 Å². The highest BCUT2D eigenvalue weighted by Crippen LogP contribution is 2.25. The van der Waals surface area contributed by atoms with E-state index >= 15 is 0 Å². The van der Waals surface area contributed by atoms with Crippen molar-refractivity contribution in [3.8, 4) is 0 Å². The first kappa shape index (κ1) is 16.4. The molecule has 1 amide bonds. The van der Waals surface area contributed by atoms with E-state index < -0.39 is 24.8 Å². The lowest BCUT2D eigenvalue weighted by atomic mass is 10.1. The van der Waals surface area contributed by atoms with Crippen LogP contribution in [0.2, 0.25) is 0 Å². The molecule has 0 aliphatic carbocycles. The summed E-state index contributed by atoms with van der Waals surface area (Å²) in [5, 5.41) is 2.79. The number of benzene rings is 1. The normalized spacial score (nSPS) is 12.9. The summed E-state index contributed by atoms with van der Waals surface area (Å²) in [6.45, 7) is 0.305. The van der Waals surface area contributed by atoms with Crippen LogP contribution in [0.1, 0.15) is 16.5 Å². The van der Waals surface area contributed by atoms with Crippen LogP contribution in [0.3, 0.4) is 0 Å². The Morgan fingerprint density at radius 1 is 1.36 bits per heavy atom. The molecular weight excluding hydrogens is 317 g/mol. The molecule has 0 saturated heterocycles. The Balaban J connectivity index is 2.14. The van der Waals surface area contributed by atoms with Crippen molar-refractivity contribution in [1.29, 1.82) is 0 Å². The Labute approximate surface area is 128 Å². The summed E-state index contributed by atoms with van der Waals surface area (Å²) in [6.07, 6.45) is -4.30. The van der Waals surface area contributed by atoms with Gasteiger partial charge in [-0.15, -0.1) is 11.3 Å². The molecule has 0 aliphatic heterocycles. The first-order valence-electron chi connectivity index (χ1n) is 6.32. The second-order valence-electron chi connectivity index (χ2n) is 4.48. The highest BCUT2D eigenvalue weighted by Gasteiger charge is 2.32. The van der Waals surface area contributed by atoms with E-state index in [0.29, 0.717) is 10.7 Å². The summed E-state index contributed by atoms with van der Waals surface area (Å²) in [7, 11) is 0. The van der Waals surface area contributed by atoms with Crippen LogP contribution in [0.25, 0.3) is 0 Å². The molecule has 0 bridgehead atoms. The molecule has 0 aliphatic rings. The minimum Gasteiger partial charge on any atom is -0.354 e. The number of nitrogens with one attached hydrogen (secondary N) is 1. The highest BCUT2D eigenvalue weighted by atomic mass is 32.1. The van der Waals surface area contributed by atoms with Crippen LogP contribution in [-0.4, -0.2) is 23.7 Å². The molecule has 1 aromatic heterocycles. The average Bonchev–Trinajstić information content (AvgIpc) is 2.84. The largest absolute Gasteiger partial charge is 0.411 e. The van der Waals surface area contributed by atoms with Gasteiger partial charge in [0.15, 0.2) is 11.2 Å². The Morgan fingerprint density at radius 3 is 2.59 bits per heavy atom. The van der Waals surface area contributed by atoms with Gasteiger partial charge in [0.2, 0.25) is 0 Å². The van der Waals surface area contributed by atoms with E-state index in [4.69, 9.17) is 4.74 Å². The van der Waals surface area contributed by atoms with Gasteiger partial charge in [0.1, 0.15) is 6.61 Å². The average molecular weight is 330 g/mol. The summed E-state index contributed by atoms with van der Waals surface area (Å²) in [5.41, 5.74) is 0.345. The van der Waals surface area contributed by atoms with Gasteiger partial charge >= 0.3 is 6.18 Å². The van der Waals surface area contributed by atoms with E-state index in [1.165, 1.54) is 23.5 Å². The molecule has 118 valence electrons.